The standard InChI is InChI=1S/C25H26FN3O5/c26-14-22(30)19(13-23(31)32)27-24(33)21-11-5-6-12-28(21)25(34)29-15-16-7-1-2-8-17(16)18-9-3-4-10-20(18)29/h1-4,7-10,19,21H,5-6,11-15H2,(H,27,33)(H,31,32)/t19?,21-/m0/s1. The van der Waals surface area contributed by atoms with E-state index < -0.39 is 42.8 Å². The number of carboxylic acid groups (broad SMARTS) is 1. The van der Waals surface area contributed by atoms with Crippen molar-refractivity contribution in [1.29, 1.82) is 0 Å². The average molecular weight is 467 g/mol. The van der Waals surface area contributed by atoms with Crippen molar-refractivity contribution in [2.75, 3.05) is 18.1 Å². The minimum absolute atomic E-state index is 0.339. The topological polar surface area (TPSA) is 107 Å². The number of rotatable bonds is 6. The number of aliphatic carboxylic acids is 1. The number of nitrogens with one attached hydrogen (secondary N) is 1. The van der Waals surface area contributed by atoms with Gasteiger partial charge in [-0.25, -0.2) is 9.18 Å². The molecule has 8 nitrogen and oxygen atoms in total. The molecule has 2 N–H and O–H groups in total. The molecule has 1 unspecified atom stereocenters. The predicted molar refractivity (Wildman–Crippen MR) is 123 cm³/mol. The first kappa shape index (κ1) is 23.4. The highest BCUT2D eigenvalue weighted by Gasteiger charge is 2.38. The number of benzene rings is 2. The summed E-state index contributed by atoms with van der Waals surface area (Å²) in [5.41, 5.74) is 3.71. The Morgan fingerprint density at radius 3 is 2.47 bits per heavy atom. The van der Waals surface area contributed by atoms with E-state index in [1.165, 1.54) is 4.90 Å². The summed E-state index contributed by atoms with van der Waals surface area (Å²) < 4.78 is 12.9. The van der Waals surface area contributed by atoms with Gasteiger partial charge in [-0.3, -0.25) is 19.3 Å². The molecular weight excluding hydrogens is 441 g/mol. The van der Waals surface area contributed by atoms with Gasteiger partial charge in [0.05, 0.1) is 18.7 Å². The number of anilines is 1. The van der Waals surface area contributed by atoms with Crippen molar-refractivity contribution < 1.29 is 28.7 Å². The summed E-state index contributed by atoms with van der Waals surface area (Å²) in [7, 11) is 0. The number of carboxylic acids is 1. The van der Waals surface area contributed by atoms with Gasteiger partial charge in [-0.1, -0.05) is 42.5 Å². The van der Waals surface area contributed by atoms with Gasteiger partial charge in [0.2, 0.25) is 5.91 Å². The van der Waals surface area contributed by atoms with Crippen LogP contribution in [0.2, 0.25) is 0 Å². The minimum atomic E-state index is -1.48. The Balaban J connectivity index is 1.59. The van der Waals surface area contributed by atoms with Crippen LogP contribution in [0.4, 0.5) is 14.9 Å². The molecule has 2 atom stereocenters. The van der Waals surface area contributed by atoms with Crippen LogP contribution in [-0.2, 0) is 20.9 Å². The number of amides is 3. The number of alkyl halides is 1. The zero-order valence-electron chi connectivity index (χ0n) is 18.6. The molecule has 2 aromatic rings. The second-order valence-corrected chi connectivity index (χ2v) is 8.51. The van der Waals surface area contributed by atoms with Crippen LogP contribution >= 0.6 is 0 Å². The van der Waals surface area contributed by atoms with E-state index in [-0.39, 0.29) is 6.03 Å². The molecule has 3 amide bonds. The van der Waals surface area contributed by atoms with Crippen LogP contribution < -0.4 is 10.2 Å². The molecule has 34 heavy (non-hydrogen) atoms. The maximum absolute atomic E-state index is 13.7. The van der Waals surface area contributed by atoms with Crippen molar-refractivity contribution in [3.63, 3.8) is 0 Å². The highest BCUT2D eigenvalue weighted by molar-refractivity contribution is 6.01. The molecule has 0 aliphatic carbocycles. The van der Waals surface area contributed by atoms with Gasteiger partial charge in [0.25, 0.3) is 0 Å². The highest BCUT2D eigenvalue weighted by Crippen LogP contribution is 2.39. The van der Waals surface area contributed by atoms with Crippen LogP contribution in [0.25, 0.3) is 11.1 Å². The molecule has 0 radical (unpaired) electrons. The molecule has 4 rings (SSSR count). The van der Waals surface area contributed by atoms with Gasteiger partial charge < -0.3 is 15.3 Å². The van der Waals surface area contributed by atoms with Crippen molar-refractivity contribution in [3.8, 4) is 11.1 Å². The smallest absolute Gasteiger partial charge is 0.325 e. The Morgan fingerprint density at radius 2 is 1.74 bits per heavy atom. The Labute approximate surface area is 196 Å². The largest absolute Gasteiger partial charge is 0.481 e. The first-order valence-electron chi connectivity index (χ1n) is 11.3. The number of carbonyl (C=O) groups excluding carboxylic acids is 3. The van der Waals surface area contributed by atoms with Crippen molar-refractivity contribution >= 4 is 29.4 Å². The fraction of sp³-hybridized carbons (Fsp3) is 0.360. The van der Waals surface area contributed by atoms with Crippen molar-refractivity contribution in [1.82, 2.24) is 10.2 Å². The van der Waals surface area contributed by atoms with Gasteiger partial charge in [-0.2, -0.15) is 0 Å². The van der Waals surface area contributed by atoms with Gasteiger partial charge in [0.1, 0.15) is 18.8 Å². The third-order valence-corrected chi connectivity index (χ3v) is 6.33. The molecule has 178 valence electrons. The van der Waals surface area contributed by atoms with E-state index in [1.807, 2.05) is 48.5 Å². The molecule has 0 saturated carbocycles. The number of carbonyl (C=O) groups is 4. The number of nitrogens with zero attached hydrogens (tertiary/aromatic N) is 2. The summed E-state index contributed by atoms with van der Waals surface area (Å²) in [6.07, 6.45) is 1.06. The Kier molecular flexibility index (Phi) is 6.90. The normalized spacial score (nSPS) is 17.9. The van der Waals surface area contributed by atoms with Gasteiger partial charge >= 0.3 is 12.0 Å². The third kappa shape index (κ3) is 4.64. The summed E-state index contributed by atoms with van der Waals surface area (Å²) in [5, 5.41) is 11.4. The van der Waals surface area contributed by atoms with Gasteiger partial charge in [-0.15, -0.1) is 0 Å². The number of halogens is 1. The number of hydrogen-bond donors (Lipinski definition) is 2. The summed E-state index contributed by atoms with van der Waals surface area (Å²) in [6.45, 7) is -0.688. The second-order valence-electron chi connectivity index (χ2n) is 8.51. The van der Waals surface area contributed by atoms with E-state index in [0.717, 1.165) is 22.4 Å². The van der Waals surface area contributed by atoms with Crippen LogP contribution in [0.5, 0.6) is 0 Å². The minimum Gasteiger partial charge on any atom is -0.481 e. The van der Waals surface area contributed by atoms with Crippen molar-refractivity contribution in [3.05, 3.63) is 54.1 Å². The summed E-state index contributed by atoms with van der Waals surface area (Å²) >= 11 is 0. The number of ketones is 1. The number of fused-ring (bicyclic) bond motifs is 3. The van der Waals surface area contributed by atoms with E-state index in [4.69, 9.17) is 5.11 Å². The molecule has 1 fully saturated rings. The summed E-state index contributed by atoms with van der Waals surface area (Å²) in [6, 6.07) is 12.7. The van der Waals surface area contributed by atoms with Crippen LogP contribution in [0.1, 0.15) is 31.2 Å². The quantitative estimate of drug-likeness (QED) is 0.679. The van der Waals surface area contributed by atoms with Gasteiger partial charge in [0.15, 0.2) is 5.78 Å². The van der Waals surface area contributed by atoms with E-state index in [2.05, 4.69) is 5.32 Å². The van der Waals surface area contributed by atoms with Gasteiger partial charge in [0, 0.05) is 12.1 Å². The van der Waals surface area contributed by atoms with Crippen LogP contribution in [0, 0.1) is 0 Å². The lowest BCUT2D eigenvalue weighted by atomic mass is 9.93. The first-order chi connectivity index (χ1) is 16.4. The molecule has 2 aliphatic rings. The number of piperidine rings is 1. The van der Waals surface area contributed by atoms with E-state index in [0.29, 0.717) is 32.4 Å². The second kappa shape index (κ2) is 10.0. The average Bonchev–Trinajstić information content (AvgIpc) is 2.86. The third-order valence-electron chi connectivity index (χ3n) is 6.33. The van der Waals surface area contributed by atoms with E-state index >= 15 is 0 Å². The van der Waals surface area contributed by atoms with Crippen LogP contribution in [0.3, 0.4) is 0 Å². The molecule has 9 heteroatoms. The monoisotopic (exact) mass is 467 g/mol. The zero-order valence-corrected chi connectivity index (χ0v) is 18.6. The van der Waals surface area contributed by atoms with Crippen molar-refractivity contribution in [2.45, 2.75) is 44.3 Å². The van der Waals surface area contributed by atoms with Crippen LogP contribution in [-0.4, -0.2) is 59.0 Å². The van der Waals surface area contributed by atoms with Crippen molar-refractivity contribution in [2.24, 2.45) is 0 Å². The SMILES string of the molecule is O=C(O)CC(NC(=O)[C@@H]1CCCCN1C(=O)N1Cc2ccccc2-c2ccccc21)C(=O)CF. The maximum Gasteiger partial charge on any atom is 0.325 e. The Hall–Kier alpha value is -3.75. The summed E-state index contributed by atoms with van der Waals surface area (Å²) in [4.78, 5) is 52.9. The molecule has 2 aromatic carbocycles. The number of likely N-dealkylation sites (tertiary alicyclic amines) is 1. The lowest BCUT2D eigenvalue weighted by molar-refractivity contribution is -0.140. The van der Waals surface area contributed by atoms with E-state index in [1.54, 1.807) is 4.90 Å². The molecule has 0 aromatic heterocycles. The van der Waals surface area contributed by atoms with E-state index in [9.17, 15) is 23.6 Å². The fourth-order valence-electron chi connectivity index (χ4n) is 4.65. The molecule has 2 aliphatic heterocycles. The number of hydrogen-bond acceptors (Lipinski definition) is 4. The Bertz CT molecular complexity index is 1120. The maximum atomic E-state index is 13.7. The molecule has 0 spiro atoms. The number of urea groups is 1. The molecule has 0 bridgehead atoms. The van der Waals surface area contributed by atoms with Crippen LogP contribution in [0.15, 0.2) is 48.5 Å². The first-order valence-corrected chi connectivity index (χ1v) is 11.3. The molecule has 2 heterocycles. The summed E-state index contributed by atoms with van der Waals surface area (Å²) in [5.74, 6) is -2.98. The highest BCUT2D eigenvalue weighted by atomic mass is 19.1. The molecule has 1 saturated heterocycles. The number of Topliss-reactive ketones (excluding diaryl/α,β-unsaturated/α-hetero) is 1. The number of para-hydroxylation sites is 1. The molecular formula is C25H26FN3O5. The Morgan fingerprint density at radius 1 is 1.03 bits per heavy atom. The zero-order chi connectivity index (χ0) is 24.2. The fourth-order valence-corrected chi connectivity index (χ4v) is 4.65. The lowest BCUT2D eigenvalue weighted by Crippen LogP contribution is -2.58. The van der Waals surface area contributed by atoms with Gasteiger partial charge in [-0.05, 0) is 36.5 Å². The predicted octanol–water partition coefficient (Wildman–Crippen LogP) is 3.15. The lowest BCUT2D eigenvalue weighted by Gasteiger charge is -2.40.